The van der Waals surface area contributed by atoms with Gasteiger partial charge in [-0.2, -0.15) is 0 Å². The van der Waals surface area contributed by atoms with E-state index in [1.165, 1.54) is 25.1 Å². The molecule has 0 amide bonds. The second-order valence-corrected chi connectivity index (χ2v) is 5.63. The summed E-state index contributed by atoms with van der Waals surface area (Å²) in [6, 6.07) is 3.57. The van der Waals surface area contributed by atoms with E-state index in [0.29, 0.717) is 11.9 Å². The van der Waals surface area contributed by atoms with Crippen molar-refractivity contribution >= 4 is 11.5 Å². The number of hydrogen-bond donors (Lipinski definition) is 1. The quantitative estimate of drug-likeness (QED) is 0.662. The second-order valence-electron chi connectivity index (χ2n) is 5.63. The van der Waals surface area contributed by atoms with E-state index in [0.717, 1.165) is 25.6 Å². The van der Waals surface area contributed by atoms with Crippen molar-refractivity contribution in [1.82, 2.24) is 9.88 Å². The first-order valence-corrected chi connectivity index (χ1v) is 7.14. The van der Waals surface area contributed by atoms with Crippen LogP contribution in [0.5, 0.6) is 0 Å². The molecule has 2 atom stereocenters. The van der Waals surface area contributed by atoms with Gasteiger partial charge in [-0.25, -0.2) is 4.98 Å². The van der Waals surface area contributed by atoms with Crippen LogP contribution in [0.4, 0.5) is 11.5 Å². The van der Waals surface area contributed by atoms with E-state index in [4.69, 9.17) is 0 Å². The van der Waals surface area contributed by atoms with Crippen molar-refractivity contribution < 1.29 is 4.92 Å². The van der Waals surface area contributed by atoms with Crippen molar-refractivity contribution in [2.75, 3.05) is 25.0 Å². The number of nitrogens with one attached hydrogen (secondary N) is 1. The number of nitrogens with zero attached hydrogens (tertiary/aromatic N) is 3. The standard InChI is InChI=1S/C14H22N4O2/c1-11-4-3-7-17(10-11)12(2)8-15-14-6-5-13(9-16-14)18(19)20/h5-6,9,11-12H,3-4,7-8,10H2,1-2H3,(H,15,16). The van der Waals surface area contributed by atoms with Crippen molar-refractivity contribution in [2.45, 2.75) is 32.7 Å². The van der Waals surface area contributed by atoms with Crippen LogP contribution >= 0.6 is 0 Å². The average Bonchev–Trinajstić information content (AvgIpc) is 2.45. The lowest BCUT2D eigenvalue weighted by atomic mass is 9.99. The molecule has 0 bridgehead atoms. The highest BCUT2D eigenvalue weighted by molar-refractivity contribution is 5.40. The number of hydrogen-bond acceptors (Lipinski definition) is 5. The molecule has 1 aromatic heterocycles. The van der Waals surface area contributed by atoms with E-state index in [1.807, 2.05) is 0 Å². The molecule has 2 heterocycles. The van der Waals surface area contributed by atoms with Gasteiger partial charge in [0.25, 0.3) is 5.69 Å². The Hall–Kier alpha value is -1.69. The lowest BCUT2D eigenvalue weighted by molar-refractivity contribution is -0.385. The van der Waals surface area contributed by atoms with Crippen molar-refractivity contribution in [1.29, 1.82) is 0 Å². The minimum atomic E-state index is -0.436. The van der Waals surface area contributed by atoms with Gasteiger partial charge in [0.1, 0.15) is 12.0 Å². The number of nitro groups is 1. The molecule has 0 aromatic carbocycles. The predicted octanol–water partition coefficient (Wildman–Crippen LogP) is 2.52. The van der Waals surface area contributed by atoms with Crippen LogP contribution in [0, 0.1) is 16.0 Å². The van der Waals surface area contributed by atoms with Gasteiger partial charge >= 0.3 is 0 Å². The molecule has 1 N–H and O–H groups in total. The van der Waals surface area contributed by atoms with Gasteiger partial charge in [0.2, 0.25) is 0 Å². The Labute approximate surface area is 119 Å². The summed E-state index contributed by atoms with van der Waals surface area (Å²) in [5.74, 6) is 1.45. The van der Waals surface area contributed by atoms with Gasteiger partial charge in [-0.05, 0) is 38.3 Å². The van der Waals surface area contributed by atoms with Gasteiger partial charge in [0, 0.05) is 25.2 Å². The molecular weight excluding hydrogens is 256 g/mol. The minimum Gasteiger partial charge on any atom is -0.369 e. The summed E-state index contributed by atoms with van der Waals surface area (Å²) in [6.45, 7) is 7.61. The van der Waals surface area contributed by atoms with Crippen LogP contribution in [0.25, 0.3) is 0 Å². The van der Waals surface area contributed by atoms with Crippen LogP contribution in [0.15, 0.2) is 18.3 Å². The zero-order chi connectivity index (χ0) is 14.5. The molecule has 1 aliphatic heterocycles. The minimum absolute atomic E-state index is 0.0217. The number of aromatic nitrogens is 1. The highest BCUT2D eigenvalue weighted by Crippen LogP contribution is 2.18. The van der Waals surface area contributed by atoms with Crippen LogP contribution in [0.1, 0.15) is 26.7 Å². The fourth-order valence-corrected chi connectivity index (χ4v) is 2.61. The van der Waals surface area contributed by atoms with E-state index >= 15 is 0 Å². The summed E-state index contributed by atoms with van der Waals surface area (Å²) in [6.07, 6.45) is 3.87. The smallest absolute Gasteiger partial charge is 0.287 e. The first kappa shape index (κ1) is 14.7. The molecule has 1 fully saturated rings. The number of piperidine rings is 1. The van der Waals surface area contributed by atoms with Crippen molar-refractivity contribution in [3.8, 4) is 0 Å². The largest absolute Gasteiger partial charge is 0.369 e. The maximum atomic E-state index is 10.6. The van der Waals surface area contributed by atoms with Crippen molar-refractivity contribution in [3.05, 3.63) is 28.4 Å². The Morgan fingerprint density at radius 2 is 2.40 bits per heavy atom. The zero-order valence-electron chi connectivity index (χ0n) is 12.1. The van der Waals surface area contributed by atoms with E-state index in [1.54, 1.807) is 6.07 Å². The maximum absolute atomic E-state index is 10.6. The zero-order valence-corrected chi connectivity index (χ0v) is 12.1. The highest BCUT2D eigenvalue weighted by Gasteiger charge is 2.20. The van der Waals surface area contributed by atoms with Gasteiger partial charge < -0.3 is 5.32 Å². The van der Waals surface area contributed by atoms with E-state index in [-0.39, 0.29) is 5.69 Å². The molecule has 1 aliphatic rings. The molecule has 6 heteroatoms. The summed E-state index contributed by atoms with van der Waals surface area (Å²) in [5, 5.41) is 13.8. The molecule has 2 rings (SSSR count). The molecule has 0 radical (unpaired) electrons. The molecule has 0 saturated carbocycles. The van der Waals surface area contributed by atoms with Gasteiger partial charge in [-0.1, -0.05) is 6.92 Å². The number of pyridine rings is 1. The molecule has 110 valence electrons. The van der Waals surface area contributed by atoms with Crippen molar-refractivity contribution in [2.24, 2.45) is 5.92 Å². The molecule has 20 heavy (non-hydrogen) atoms. The lowest BCUT2D eigenvalue weighted by Gasteiger charge is -2.35. The third-order valence-electron chi connectivity index (χ3n) is 3.85. The molecule has 6 nitrogen and oxygen atoms in total. The SMILES string of the molecule is CC1CCCN(C(C)CNc2ccc([N+](=O)[O-])cn2)C1. The summed E-state index contributed by atoms with van der Waals surface area (Å²) < 4.78 is 0. The van der Waals surface area contributed by atoms with Crippen LogP contribution in [-0.4, -0.2) is 40.5 Å². The maximum Gasteiger partial charge on any atom is 0.287 e. The monoisotopic (exact) mass is 278 g/mol. The Balaban J connectivity index is 1.83. The van der Waals surface area contributed by atoms with Crippen molar-refractivity contribution in [3.63, 3.8) is 0 Å². The lowest BCUT2D eigenvalue weighted by Crippen LogP contribution is -2.43. The topological polar surface area (TPSA) is 71.3 Å². The number of anilines is 1. The third-order valence-corrected chi connectivity index (χ3v) is 3.85. The highest BCUT2D eigenvalue weighted by atomic mass is 16.6. The van der Waals surface area contributed by atoms with E-state index < -0.39 is 4.92 Å². The normalized spacial score (nSPS) is 21.4. The molecule has 0 aliphatic carbocycles. The second kappa shape index (κ2) is 6.65. The first-order chi connectivity index (χ1) is 9.56. The predicted molar refractivity (Wildman–Crippen MR) is 78.8 cm³/mol. The van der Waals surface area contributed by atoms with Crippen LogP contribution in [0.2, 0.25) is 0 Å². The molecular formula is C14H22N4O2. The molecule has 1 saturated heterocycles. The Morgan fingerprint density at radius 3 is 3.00 bits per heavy atom. The van der Waals surface area contributed by atoms with Crippen LogP contribution in [-0.2, 0) is 0 Å². The fraction of sp³-hybridized carbons (Fsp3) is 0.643. The van der Waals surface area contributed by atoms with Crippen LogP contribution < -0.4 is 5.32 Å². The fourth-order valence-electron chi connectivity index (χ4n) is 2.61. The van der Waals surface area contributed by atoms with Gasteiger partial charge in [-0.15, -0.1) is 0 Å². The number of rotatable bonds is 5. The van der Waals surface area contributed by atoms with Gasteiger partial charge in [-0.3, -0.25) is 15.0 Å². The average molecular weight is 278 g/mol. The van der Waals surface area contributed by atoms with Gasteiger partial charge in [0.05, 0.1) is 4.92 Å². The van der Waals surface area contributed by atoms with Gasteiger partial charge in [0.15, 0.2) is 0 Å². The summed E-state index contributed by atoms with van der Waals surface area (Å²) in [5.41, 5.74) is 0.0217. The third kappa shape index (κ3) is 3.90. The number of likely N-dealkylation sites (tertiary alicyclic amines) is 1. The summed E-state index contributed by atoms with van der Waals surface area (Å²) >= 11 is 0. The Bertz CT molecular complexity index is 449. The van der Waals surface area contributed by atoms with Crippen LogP contribution in [0.3, 0.4) is 0 Å². The molecule has 2 unspecified atom stereocenters. The summed E-state index contributed by atoms with van der Waals surface area (Å²) in [7, 11) is 0. The Morgan fingerprint density at radius 1 is 1.60 bits per heavy atom. The van der Waals surface area contributed by atoms with E-state index in [9.17, 15) is 10.1 Å². The summed E-state index contributed by atoms with van der Waals surface area (Å²) in [4.78, 5) is 16.7. The van der Waals surface area contributed by atoms with E-state index in [2.05, 4.69) is 29.0 Å². The molecule has 1 aromatic rings. The molecule has 0 spiro atoms. The first-order valence-electron chi connectivity index (χ1n) is 7.14. The Kier molecular flexibility index (Phi) is 4.89.